The van der Waals surface area contributed by atoms with Crippen molar-refractivity contribution in [3.05, 3.63) is 0 Å². The van der Waals surface area contributed by atoms with Gasteiger partial charge >= 0.3 is 0 Å². The SMILES string of the molecule is CC(C)CCNC(=O)CNCC(C)S(C)=O. The molecule has 0 aliphatic carbocycles. The van der Waals surface area contributed by atoms with E-state index in [9.17, 15) is 9.00 Å². The number of rotatable bonds is 8. The molecule has 0 aromatic rings. The van der Waals surface area contributed by atoms with Crippen molar-refractivity contribution in [1.82, 2.24) is 10.6 Å². The lowest BCUT2D eigenvalue weighted by Crippen LogP contribution is -2.38. The Labute approximate surface area is 101 Å². The normalized spacial score (nSPS) is 14.8. The molecule has 0 saturated carbocycles. The Morgan fingerprint density at radius 3 is 2.44 bits per heavy atom. The summed E-state index contributed by atoms with van der Waals surface area (Å²) in [6.07, 6.45) is 2.68. The molecule has 0 heterocycles. The topological polar surface area (TPSA) is 58.2 Å². The van der Waals surface area contributed by atoms with Crippen molar-refractivity contribution in [1.29, 1.82) is 0 Å². The summed E-state index contributed by atoms with van der Waals surface area (Å²) in [4.78, 5) is 11.3. The highest BCUT2D eigenvalue weighted by Gasteiger charge is 2.06. The molecular formula is C11H24N2O2S. The molecular weight excluding hydrogens is 224 g/mol. The summed E-state index contributed by atoms with van der Waals surface area (Å²) in [5, 5.41) is 5.93. The lowest BCUT2D eigenvalue weighted by atomic mass is 10.1. The van der Waals surface area contributed by atoms with Crippen LogP contribution in [0.2, 0.25) is 0 Å². The second-order valence-electron chi connectivity index (χ2n) is 4.47. The van der Waals surface area contributed by atoms with Gasteiger partial charge in [-0.05, 0) is 19.3 Å². The van der Waals surface area contributed by atoms with E-state index in [0.717, 1.165) is 13.0 Å². The average Bonchev–Trinajstić information content (AvgIpc) is 2.16. The first-order valence-electron chi connectivity index (χ1n) is 5.73. The molecule has 5 heteroatoms. The summed E-state index contributed by atoms with van der Waals surface area (Å²) in [7, 11) is -0.831. The van der Waals surface area contributed by atoms with Crippen molar-refractivity contribution in [3.8, 4) is 0 Å². The van der Waals surface area contributed by atoms with E-state index in [1.54, 1.807) is 6.26 Å². The Balaban J connectivity index is 3.47. The van der Waals surface area contributed by atoms with Crippen molar-refractivity contribution >= 4 is 16.7 Å². The van der Waals surface area contributed by atoms with Crippen LogP contribution in [-0.4, -0.2) is 41.3 Å². The minimum Gasteiger partial charge on any atom is -0.355 e. The first kappa shape index (κ1) is 15.6. The number of hydrogen-bond acceptors (Lipinski definition) is 3. The molecule has 0 aromatic heterocycles. The summed E-state index contributed by atoms with van der Waals surface area (Å²) in [5.74, 6) is 0.616. The van der Waals surface area contributed by atoms with Crippen LogP contribution in [-0.2, 0) is 15.6 Å². The van der Waals surface area contributed by atoms with Gasteiger partial charge in [-0.2, -0.15) is 0 Å². The fraction of sp³-hybridized carbons (Fsp3) is 0.909. The summed E-state index contributed by atoms with van der Waals surface area (Å²) < 4.78 is 11.0. The predicted molar refractivity (Wildman–Crippen MR) is 68.9 cm³/mol. The van der Waals surface area contributed by atoms with Crippen LogP contribution in [0.3, 0.4) is 0 Å². The molecule has 0 radical (unpaired) electrons. The van der Waals surface area contributed by atoms with Crippen LogP contribution in [0.4, 0.5) is 0 Å². The highest BCUT2D eigenvalue weighted by atomic mass is 32.2. The van der Waals surface area contributed by atoms with Crippen LogP contribution in [0.25, 0.3) is 0 Å². The van der Waals surface area contributed by atoms with Crippen LogP contribution in [0.15, 0.2) is 0 Å². The van der Waals surface area contributed by atoms with Gasteiger partial charge in [0.15, 0.2) is 0 Å². The minimum atomic E-state index is -0.831. The Kier molecular flexibility index (Phi) is 8.47. The molecule has 0 fully saturated rings. The first-order chi connectivity index (χ1) is 7.43. The van der Waals surface area contributed by atoms with Gasteiger partial charge in [0, 0.05) is 35.4 Å². The molecule has 4 nitrogen and oxygen atoms in total. The molecule has 0 aliphatic rings. The van der Waals surface area contributed by atoms with E-state index in [2.05, 4.69) is 24.5 Å². The maximum Gasteiger partial charge on any atom is 0.233 e. The molecule has 0 bridgehead atoms. The van der Waals surface area contributed by atoms with Gasteiger partial charge in [0.1, 0.15) is 0 Å². The van der Waals surface area contributed by atoms with Crippen LogP contribution >= 0.6 is 0 Å². The molecule has 2 N–H and O–H groups in total. The van der Waals surface area contributed by atoms with Crippen molar-refractivity contribution in [2.75, 3.05) is 25.9 Å². The van der Waals surface area contributed by atoms with Gasteiger partial charge in [-0.25, -0.2) is 0 Å². The molecule has 0 saturated heterocycles. The lowest BCUT2D eigenvalue weighted by Gasteiger charge is -2.10. The van der Waals surface area contributed by atoms with E-state index in [-0.39, 0.29) is 11.2 Å². The smallest absolute Gasteiger partial charge is 0.233 e. The van der Waals surface area contributed by atoms with E-state index in [0.29, 0.717) is 19.0 Å². The van der Waals surface area contributed by atoms with E-state index in [1.165, 1.54) is 0 Å². The van der Waals surface area contributed by atoms with Gasteiger partial charge in [0.05, 0.1) is 6.54 Å². The largest absolute Gasteiger partial charge is 0.355 e. The number of nitrogens with one attached hydrogen (secondary N) is 2. The number of carbonyl (C=O) groups excluding carboxylic acids is 1. The molecule has 1 amide bonds. The summed E-state index contributed by atoms with van der Waals surface area (Å²) in [6, 6.07) is 0. The predicted octanol–water partition coefficient (Wildman–Crippen LogP) is 0.505. The van der Waals surface area contributed by atoms with E-state index >= 15 is 0 Å². The zero-order valence-corrected chi connectivity index (χ0v) is 11.5. The van der Waals surface area contributed by atoms with E-state index < -0.39 is 10.8 Å². The standard InChI is InChI=1S/C11H24N2O2S/c1-9(2)5-6-13-11(14)8-12-7-10(3)16(4)15/h9-10,12H,5-8H2,1-4H3,(H,13,14). The summed E-state index contributed by atoms with van der Waals surface area (Å²) in [6.45, 7) is 7.80. The van der Waals surface area contributed by atoms with Crippen molar-refractivity contribution in [3.63, 3.8) is 0 Å². The fourth-order valence-corrected chi connectivity index (χ4v) is 1.42. The average molecular weight is 248 g/mol. The zero-order valence-electron chi connectivity index (χ0n) is 10.7. The number of hydrogen-bond donors (Lipinski definition) is 2. The maximum atomic E-state index is 11.3. The molecule has 96 valence electrons. The second-order valence-corrected chi connectivity index (χ2v) is 6.27. The van der Waals surface area contributed by atoms with Crippen molar-refractivity contribution in [2.45, 2.75) is 32.4 Å². The van der Waals surface area contributed by atoms with Gasteiger partial charge in [0.25, 0.3) is 0 Å². The maximum absolute atomic E-state index is 11.3. The third-order valence-corrected chi connectivity index (χ3v) is 3.63. The number of amides is 1. The summed E-state index contributed by atoms with van der Waals surface area (Å²) >= 11 is 0. The lowest BCUT2D eigenvalue weighted by molar-refractivity contribution is -0.120. The third-order valence-electron chi connectivity index (χ3n) is 2.33. The van der Waals surface area contributed by atoms with Crippen LogP contribution in [0.1, 0.15) is 27.2 Å². The Morgan fingerprint density at radius 2 is 1.94 bits per heavy atom. The highest BCUT2D eigenvalue weighted by Crippen LogP contribution is 1.95. The monoisotopic (exact) mass is 248 g/mol. The fourth-order valence-electron chi connectivity index (χ4n) is 1.07. The van der Waals surface area contributed by atoms with Gasteiger partial charge in [-0.1, -0.05) is 13.8 Å². The second kappa shape index (κ2) is 8.70. The molecule has 2 unspecified atom stereocenters. The summed E-state index contributed by atoms with van der Waals surface area (Å²) in [5.41, 5.74) is 0. The molecule has 0 aliphatic heterocycles. The van der Waals surface area contributed by atoms with Crippen molar-refractivity contribution in [2.24, 2.45) is 5.92 Å². The Morgan fingerprint density at radius 1 is 1.31 bits per heavy atom. The van der Waals surface area contributed by atoms with E-state index in [1.807, 2.05) is 6.92 Å². The Hall–Kier alpha value is -0.420. The molecule has 0 spiro atoms. The molecule has 2 atom stereocenters. The number of carbonyl (C=O) groups is 1. The van der Waals surface area contributed by atoms with Crippen molar-refractivity contribution < 1.29 is 9.00 Å². The molecule has 0 aromatic carbocycles. The minimum absolute atomic E-state index is 0.00901. The van der Waals surface area contributed by atoms with Crippen LogP contribution < -0.4 is 10.6 Å². The van der Waals surface area contributed by atoms with Crippen LogP contribution in [0, 0.1) is 5.92 Å². The zero-order chi connectivity index (χ0) is 12.6. The highest BCUT2D eigenvalue weighted by molar-refractivity contribution is 7.84. The molecule has 0 rings (SSSR count). The first-order valence-corrected chi connectivity index (χ1v) is 7.35. The quantitative estimate of drug-likeness (QED) is 0.658. The van der Waals surface area contributed by atoms with E-state index in [4.69, 9.17) is 0 Å². The Bertz CT molecular complexity index is 232. The molecule has 16 heavy (non-hydrogen) atoms. The van der Waals surface area contributed by atoms with Gasteiger partial charge in [0.2, 0.25) is 5.91 Å². The van der Waals surface area contributed by atoms with Crippen LogP contribution in [0.5, 0.6) is 0 Å². The van der Waals surface area contributed by atoms with Gasteiger partial charge in [-0.3, -0.25) is 9.00 Å². The van der Waals surface area contributed by atoms with Gasteiger partial charge in [-0.15, -0.1) is 0 Å². The third kappa shape index (κ3) is 8.85. The van der Waals surface area contributed by atoms with Gasteiger partial charge < -0.3 is 10.6 Å².